The number of rotatable bonds is 15. The number of ether oxygens (including phenoxy) is 1. The molecule has 0 aliphatic carbocycles. The van der Waals surface area contributed by atoms with Gasteiger partial charge in [-0.15, -0.1) is 11.6 Å². The number of unbranched alkanes of at least 4 members (excludes halogenated alkanes) is 1. The second kappa shape index (κ2) is 16.6. The Morgan fingerprint density at radius 1 is 0.865 bits per heavy atom. The second-order valence-corrected chi connectivity index (χ2v) is 9.68. The second-order valence-electron chi connectivity index (χ2n) is 9.41. The normalized spacial score (nSPS) is 12.4. The molecule has 1 rings (SSSR count). The zero-order chi connectivity index (χ0) is 28.0. The van der Waals surface area contributed by atoms with Crippen LogP contribution in [0.5, 0.6) is 0 Å². The Hall–Kier alpha value is -3.14. The third kappa shape index (κ3) is 12.6. The lowest BCUT2D eigenvalue weighted by Crippen LogP contribution is -2.53. The molecule has 0 aliphatic heterocycles. The van der Waals surface area contributed by atoms with Crippen LogP contribution in [0.3, 0.4) is 0 Å². The van der Waals surface area contributed by atoms with Gasteiger partial charge >= 0.3 is 5.97 Å². The fraction of sp³-hybridized carbons (Fsp3) is 0.577. The summed E-state index contributed by atoms with van der Waals surface area (Å²) >= 11 is 5.41. The van der Waals surface area contributed by atoms with Crippen LogP contribution in [-0.4, -0.2) is 54.1 Å². The van der Waals surface area contributed by atoms with E-state index in [1.165, 1.54) is 0 Å². The number of amides is 4. The van der Waals surface area contributed by atoms with Crippen molar-refractivity contribution in [2.45, 2.75) is 72.6 Å². The molecular formula is C26H39ClN4O6. The fourth-order valence-corrected chi connectivity index (χ4v) is 3.19. The Kier molecular flexibility index (Phi) is 14.3. The maximum absolute atomic E-state index is 12.8. The molecule has 4 N–H and O–H groups in total. The number of esters is 1. The van der Waals surface area contributed by atoms with Crippen molar-refractivity contribution in [2.24, 2.45) is 11.8 Å². The third-order valence-corrected chi connectivity index (χ3v) is 5.61. The van der Waals surface area contributed by atoms with Crippen molar-refractivity contribution >= 4 is 46.9 Å². The molecule has 0 heterocycles. The predicted molar refractivity (Wildman–Crippen MR) is 142 cm³/mol. The molecule has 0 saturated carbocycles. The fourth-order valence-electron chi connectivity index (χ4n) is 3.09. The van der Waals surface area contributed by atoms with Gasteiger partial charge in [0.25, 0.3) is 0 Å². The van der Waals surface area contributed by atoms with Crippen molar-refractivity contribution in [1.82, 2.24) is 16.0 Å². The van der Waals surface area contributed by atoms with Crippen LogP contribution >= 0.6 is 11.6 Å². The lowest BCUT2D eigenvalue weighted by molar-refractivity contribution is -0.148. The highest BCUT2D eigenvalue weighted by Crippen LogP contribution is 2.12. The third-order valence-electron chi connectivity index (χ3n) is 5.37. The minimum atomic E-state index is -0.845. The molecule has 1 unspecified atom stereocenters. The Bertz CT molecular complexity index is 920. The van der Waals surface area contributed by atoms with Crippen LogP contribution in [0.4, 0.5) is 5.69 Å². The number of hydrogen-bond donors (Lipinski definition) is 4. The molecule has 11 heteroatoms. The minimum Gasteiger partial charge on any atom is -0.461 e. The van der Waals surface area contributed by atoms with Gasteiger partial charge in [-0.05, 0) is 43.4 Å². The molecule has 0 aromatic heterocycles. The van der Waals surface area contributed by atoms with E-state index < -0.39 is 23.9 Å². The van der Waals surface area contributed by atoms with Gasteiger partial charge in [0.15, 0.2) is 0 Å². The molecule has 1 aromatic carbocycles. The van der Waals surface area contributed by atoms with Crippen molar-refractivity contribution in [3.63, 3.8) is 0 Å². The number of hydrogen-bond acceptors (Lipinski definition) is 6. The molecule has 0 fully saturated rings. The zero-order valence-corrected chi connectivity index (χ0v) is 22.9. The number of carbonyl (C=O) groups excluding carboxylic acids is 5. The summed E-state index contributed by atoms with van der Waals surface area (Å²) in [5, 5.41) is 10.7. The Morgan fingerprint density at radius 3 is 2.08 bits per heavy atom. The van der Waals surface area contributed by atoms with Gasteiger partial charge in [-0.3, -0.25) is 24.0 Å². The molecule has 0 saturated heterocycles. The van der Waals surface area contributed by atoms with E-state index in [1.807, 2.05) is 0 Å². The molecule has 10 nitrogen and oxygen atoms in total. The monoisotopic (exact) mass is 538 g/mol. The lowest BCUT2D eigenvalue weighted by Gasteiger charge is -2.24. The van der Waals surface area contributed by atoms with Crippen molar-refractivity contribution in [2.75, 3.05) is 17.7 Å². The Labute approximate surface area is 223 Å². The molecule has 37 heavy (non-hydrogen) atoms. The van der Waals surface area contributed by atoms with Gasteiger partial charge in [0.2, 0.25) is 23.6 Å². The summed E-state index contributed by atoms with van der Waals surface area (Å²) in [7, 11) is 0. The minimum absolute atomic E-state index is 0.106. The van der Waals surface area contributed by atoms with Crippen LogP contribution in [0.1, 0.15) is 59.4 Å². The number of nitrogens with one attached hydrogen (secondary N) is 4. The topological polar surface area (TPSA) is 143 Å². The first kappa shape index (κ1) is 31.9. The molecule has 0 bridgehead atoms. The lowest BCUT2D eigenvalue weighted by atomic mass is 10.0. The van der Waals surface area contributed by atoms with Gasteiger partial charge in [-0.25, -0.2) is 0 Å². The van der Waals surface area contributed by atoms with Crippen molar-refractivity contribution < 1.29 is 28.7 Å². The maximum atomic E-state index is 12.8. The summed E-state index contributed by atoms with van der Waals surface area (Å²) in [4.78, 5) is 60.4. The van der Waals surface area contributed by atoms with Gasteiger partial charge in [-0.2, -0.15) is 0 Å². The quantitative estimate of drug-likeness (QED) is 0.153. The highest BCUT2D eigenvalue weighted by Gasteiger charge is 2.27. The largest absolute Gasteiger partial charge is 0.461 e. The summed E-state index contributed by atoms with van der Waals surface area (Å²) in [5.74, 6) is -2.21. The van der Waals surface area contributed by atoms with Crippen molar-refractivity contribution in [3.8, 4) is 0 Å². The average Bonchev–Trinajstić information content (AvgIpc) is 2.85. The number of alkyl halides is 1. The van der Waals surface area contributed by atoms with Crippen LogP contribution in [-0.2, 0) is 35.3 Å². The van der Waals surface area contributed by atoms with Gasteiger partial charge in [0.05, 0.1) is 5.92 Å². The highest BCUT2D eigenvalue weighted by atomic mass is 35.5. The van der Waals surface area contributed by atoms with E-state index in [0.717, 1.165) is 5.56 Å². The van der Waals surface area contributed by atoms with Gasteiger partial charge in [0, 0.05) is 18.7 Å². The summed E-state index contributed by atoms with van der Waals surface area (Å²) in [6.07, 6.45) is 1.35. The number of anilines is 1. The molecule has 206 valence electrons. The van der Waals surface area contributed by atoms with E-state index in [-0.39, 0.29) is 48.5 Å². The Balaban J connectivity index is 2.52. The van der Waals surface area contributed by atoms with E-state index in [2.05, 4.69) is 21.3 Å². The van der Waals surface area contributed by atoms with Crippen LogP contribution in [0.25, 0.3) is 0 Å². The van der Waals surface area contributed by atoms with E-state index in [1.54, 1.807) is 58.9 Å². The highest BCUT2D eigenvalue weighted by molar-refractivity contribution is 6.27. The van der Waals surface area contributed by atoms with Crippen LogP contribution in [0, 0.1) is 11.8 Å². The standard InChI is InChI=1S/C26H39ClN4O6/c1-16(2)23(31-21(32)8-6-7-13-28-22(33)14-27)25(35)29-18(5)24(34)30-20-11-9-19(10-12-20)15-37-26(36)17(3)4/h9-12,16-18,23H,6-8,13-15H2,1-5H3,(H,28,33)(H,29,35)(H,30,34)(H,31,32)/t18-,23?/m0/s1. The van der Waals surface area contributed by atoms with Crippen molar-refractivity contribution in [1.29, 1.82) is 0 Å². The maximum Gasteiger partial charge on any atom is 0.308 e. The van der Waals surface area contributed by atoms with E-state index in [9.17, 15) is 24.0 Å². The number of benzene rings is 1. The molecule has 0 aliphatic rings. The number of carbonyl (C=O) groups is 5. The first-order chi connectivity index (χ1) is 17.4. The van der Waals surface area contributed by atoms with Gasteiger partial charge in [0.1, 0.15) is 24.6 Å². The molecule has 4 amide bonds. The molecule has 0 spiro atoms. The summed E-state index contributed by atoms with van der Waals surface area (Å²) in [6, 6.07) is 5.20. The summed E-state index contributed by atoms with van der Waals surface area (Å²) in [5.41, 5.74) is 1.31. The first-order valence-corrected chi connectivity index (χ1v) is 13.0. The van der Waals surface area contributed by atoms with Gasteiger partial charge in [-0.1, -0.05) is 39.8 Å². The molecule has 2 atom stereocenters. The average molecular weight is 539 g/mol. The Morgan fingerprint density at radius 2 is 1.51 bits per heavy atom. The van der Waals surface area contributed by atoms with Crippen LogP contribution < -0.4 is 21.3 Å². The smallest absolute Gasteiger partial charge is 0.308 e. The number of halogens is 1. The van der Waals surface area contributed by atoms with Crippen molar-refractivity contribution in [3.05, 3.63) is 29.8 Å². The van der Waals surface area contributed by atoms with Gasteiger partial charge < -0.3 is 26.0 Å². The van der Waals surface area contributed by atoms with E-state index in [4.69, 9.17) is 16.3 Å². The molecule has 0 radical (unpaired) electrons. The molecular weight excluding hydrogens is 500 g/mol. The summed E-state index contributed by atoms with van der Waals surface area (Å²) in [6.45, 7) is 9.25. The SMILES string of the molecule is CC(C)C(=O)OCc1ccc(NC(=O)[C@H](C)NC(=O)C(NC(=O)CCCCNC(=O)CCl)C(C)C)cc1. The van der Waals surface area contributed by atoms with E-state index in [0.29, 0.717) is 25.1 Å². The summed E-state index contributed by atoms with van der Waals surface area (Å²) < 4.78 is 5.18. The van der Waals surface area contributed by atoms with E-state index >= 15 is 0 Å². The zero-order valence-electron chi connectivity index (χ0n) is 22.2. The first-order valence-electron chi connectivity index (χ1n) is 12.4. The molecule has 1 aromatic rings. The van der Waals surface area contributed by atoms with Crippen LogP contribution in [0.15, 0.2) is 24.3 Å². The predicted octanol–water partition coefficient (Wildman–Crippen LogP) is 2.50. The van der Waals surface area contributed by atoms with Crippen LogP contribution in [0.2, 0.25) is 0 Å².